The van der Waals surface area contributed by atoms with E-state index in [-0.39, 0.29) is 11.9 Å². The molecule has 2 N–H and O–H groups in total. The predicted octanol–water partition coefficient (Wildman–Crippen LogP) is 2.27. The highest BCUT2D eigenvalue weighted by Crippen LogP contribution is 2.31. The van der Waals surface area contributed by atoms with E-state index < -0.39 is 6.10 Å². The lowest BCUT2D eigenvalue weighted by atomic mass is 10.1. The third-order valence-corrected chi connectivity index (χ3v) is 4.86. The van der Waals surface area contributed by atoms with Gasteiger partial charge in [-0.2, -0.15) is 0 Å². The second kappa shape index (κ2) is 5.46. The van der Waals surface area contributed by atoms with Crippen LogP contribution in [-0.2, 0) is 13.5 Å². The molecule has 0 spiro atoms. The van der Waals surface area contributed by atoms with Gasteiger partial charge in [-0.3, -0.25) is 4.79 Å². The van der Waals surface area contributed by atoms with E-state index in [1.54, 1.807) is 6.07 Å². The lowest BCUT2D eigenvalue weighted by molar-refractivity contribution is 0.0858. The van der Waals surface area contributed by atoms with Crippen LogP contribution >= 0.6 is 0 Å². The predicted molar refractivity (Wildman–Crippen MR) is 91.8 cm³/mol. The van der Waals surface area contributed by atoms with Crippen molar-refractivity contribution in [3.63, 3.8) is 0 Å². The minimum atomic E-state index is -0.589. The molecule has 0 saturated carbocycles. The van der Waals surface area contributed by atoms with Gasteiger partial charge >= 0.3 is 0 Å². The zero-order valence-corrected chi connectivity index (χ0v) is 13.7. The number of imidazole rings is 1. The molecule has 1 amide bonds. The van der Waals surface area contributed by atoms with Gasteiger partial charge in [-0.15, -0.1) is 0 Å². The summed E-state index contributed by atoms with van der Waals surface area (Å²) < 4.78 is 1.96. The van der Waals surface area contributed by atoms with Gasteiger partial charge in [-0.25, -0.2) is 4.98 Å². The van der Waals surface area contributed by atoms with Gasteiger partial charge in [-0.05, 0) is 36.2 Å². The average molecular weight is 321 g/mol. The van der Waals surface area contributed by atoms with Crippen molar-refractivity contribution in [1.29, 1.82) is 0 Å². The van der Waals surface area contributed by atoms with Crippen LogP contribution in [0.1, 0.15) is 33.4 Å². The molecule has 0 saturated heterocycles. The number of nitrogens with zero attached hydrogens (tertiary/aromatic N) is 2. The molecular formula is C19H19N3O2. The molecule has 0 radical (unpaired) electrons. The average Bonchev–Trinajstić information content (AvgIpc) is 3.04. The Kier molecular flexibility index (Phi) is 3.39. The Morgan fingerprint density at radius 3 is 2.92 bits per heavy atom. The lowest BCUT2D eigenvalue weighted by Crippen LogP contribution is -2.33. The van der Waals surface area contributed by atoms with Crippen LogP contribution in [0.2, 0.25) is 0 Å². The Balaban J connectivity index is 1.64. The van der Waals surface area contributed by atoms with Crippen LogP contribution in [0.15, 0.2) is 42.5 Å². The van der Waals surface area contributed by atoms with E-state index in [4.69, 9.17) is 0 Å². The summed E-state index contributed by atoms with van der Waals surface area (Å²) in [5.74, 6) is 0.721. The van der Waals surface area contributed by atoms with E-state index in [0.717, 1.165) is 28.0 Å². The van der Waals surface area contributed by atoms with Crippen LogP contribution in [0.5, 0.6) is 0 Å². The Morgan fingerprint density at radius 2 is 2.08 bits per heavy atom. The van der Waals surface area contributed by atoms with Crippen LogP contribution in [0, 0.1) is 6.92 Å². The molecule has 2 aromatic carbocycles. The largest absolute Gasteiger partial charge is 0.390 e. The molecule has 5 nitrogen and oxygen atoms in total. The van der Waals surface area contributed by atoms with Gasteiger partial charge in [-0.1, -0.05) is 24.3 Å². The molecular weight excluding hydrogens is 302 g/mol. The number of rotatable bonds is 2. The SMILES string of the molecule is Cc1nc2ccc(C(=O)N[C@@H]3c4ccccc4C[C@@H]3O)cc2n1C. The Morgan fingerprint density at radius 1 is 1.29 bits per heavy atom. The molecule has 0 unspecified atom stereocenters. The first-order valence-corrected chi connectivity index (χ1v) is 8.04. The Bertz CT molecular complexity index is 945. The maximum Gasteiger partial charge on any atom is 0.251 e. The van der Waals surface area contributed by atoms with Gasteiger partial charge in [0.05, 0.1) is 23.2 Å². The first-order valence-electron chi connectivity index (χ1n) is 8.04. The number of aliphatic hydroxyl groups excluding tert-OH is 1. The number of aliphatic hydroxyl groups is 1. The van der Waals surface area contributed by atoms with E-state index in [0.29, 0.717) is 12.0 Å². The molecule has 3 aromatic rings. The summed E-state index contributed by atoms with van der Waals surface area (Å²) >= 11 is 0. The first kappa shape index (κ1) is 14.9. The van der Waals surface area contributed by atoms with E-state index >= 15 is 0 Å². The monoisotopic (exact) mass is 321 g/mol. The second-order valence-corrected chi connectivity index (χ2v) is 6.34. The van der Waals surface area contributed by atoms with Crippen molar-refractivity contribution in [2.75, 3.05) is 0 Å². The number of carbonyl (C=O) groups excluding carboxylic acids is 1. The van der Waals surface area contributed by atoms with Crippen molar-refractivity contribution < 1.29 is 9.90 Å². The Labute approximate surface area is 139 Å². The third-order valence-electron chi connectivity index (χ3n) is 4.86. The minimum Gasteiger partial charge on any atom is -0.390 e. The fourth-order valence-corrected chi connectivity index (χ4v) is 3.42. The van der Waals surface area contributed by atoms with Crippen molar-refractivity contribution >= 4 is 16.9 Å². The number of nitrogens with one attached hydrogen (secondary N) is 1. The molecule has 5 heteroatoms. The molecule has 0 bridgehead atoms. The zero-order chi connectivity index (χ0) is 16.8. The molecule has 122 valence electrons. The number of fused-ring (bicyclic) bond motifs is 2. The van der Waals surface area contributed by atoms with Gasteiger partial charge in [0, 0.05) is 19.0 Å². The second-order valence-electron chi connectivity index (χ2n) is 6.34. The van der Waals surface area contributed by atoms with Gasteiger partial charge in [0.15, 0.2) is 0 Å². The van der Waals surface area contributed by atoms with E-state index in [1.807, 2.05) is 54.9 Å². The molecule has 24 heavy (non-hydrogen) atoms. The number of aryl methyl sites for hydroxylation is 2. The number of hydrogen-bond donors (Lipinski definition) is 2. The third kappa shape index (κ3) is 2.29. The normalized spacial score (nSPS) is 19.5. The maximum absolute atomic E-state index is 12.7. The molecule has 1 aliphatic carbocycles. The number of carbonyl (C=O) groups is 1. The van der Waals surface area contributed by atoms with Crippen LogP contribution < -0.4 is 5.32 Å². The summed E-state index contributed by atoms with van der Waals surface area (Å²) in [6.07, 6.45) is -0.0183. The van der Waals surface area contributed by atoms with E-state index in [2.05, 4.69) is 10.3 Å². The van der Waals surface area contributed by atoms with Gasteiger partial charge in [0.25, 0.3) is 5.91 Å². The minimum absolute atomic E-state index is 0.184. The fourth-order valence-electron chi connectivity index (χ4n) is 3.42. The Hall–Kier alpha value is -2.66. The fraction of sp³-hybridized carbons (Fsp3) is 0.263. The summed E-state index contributed by atoms with van der Waals surface area (Å²) in [7, 11) is 1.93. The molecule has 1 heterocycles. The summed E-state index contributed by atoms with van der Waals surface area (Å²) in [5, 5.41) is 13.3. The summed E-state index contributed by atoms with van der Waals surface area (Å²) in [6, 6.07) is 13.0. The molecule has 1 aliphatic rings. The van der Waals surface area contributed by atoms with Crippen molar-refractivity contribution in [1.82, 2.24) is 14.9 Å². The van der Waals surface area contributed by atoms with Crippen LogP contribution in [0.25, 0.3) is 11.0 Å². The van der Waals surface area contributed by atoms with E-state index in [1.165, 1.54) is 0 Å². The first-order chi connectivity index (χ1) is 11.5. The van der Waals surface area contributed by atoms with Crippen molar-refractivity contribution in [3.05, 3.63) is 65.0 Å². The van der Waals surface area contributed by atoms with Crippen molar-refractivity contribution in [3.8, 4) is 0 Å². The molecule has 2 atom stereocenters. The van der Waals surface area contributed by atoms with Crippen LogP contribution in [0.4, 0.5) is 0 Å². The van der Waals surface area contributed by atoms with Crippen molar-refractivity contribution in [2.45, 2.75) is 25.5 Å². The van der Waals surface area contributed by atoms with Crippen LogP contribution in [-0.4, -0.2) is 26.7 Å². The molecule has 1 aromatic heterocycles. The molecule has 4 rings (SSSR count). The summed E-state index contributed by atoms with van der Waals surface area (Å²) in [6.45, 7) is 1.94. The number of hydrogen-bond acceptors (Lipinski definition) is 3. The molecule has 0 aliphatic heterocycles. The number of benzene rings is 2. The number of amides is 1. The summed E-state index contributed by atoms with van der Waals surface area (Å²) in [5.41, 5.74) is 4.45. The topological polar surface area (TPSA) is 67.2 Å². The lowest BCUT2D eigenvalue weighted by Gasteiger charge is -2.18. The van der Waals surface area contributed by atoms with Gasteiger partial charge < -0.3 is 15.0 Å². The standard InChI is InChI=1S/C19H19N3O2/c1-11-20-15-8-7-13(9-16(15)22(11)2)19(24)21-18-14-6-4-3-5-12(14)10-17(18)23/h3-9,17-18,23H,10H2,1-2H3,(H,21,24)/t17-,18+/m0/s1. The maximum atomic E-state index is 12.7. The highest BCUT2D eigenvalue weighted by atomic mass is 16.3. The smallest absolute Gasteiger partial charge is 0.251 e. The quantitative estimate of drug-likeness (QED) is 0.761. The van der Waals surface area contributed by atoms with Crippen molar-refractivity contribution in [2.24, 2.45) is 7.05 Å². The van der Waals surface area contributed by atoms with Gasteiger partial charge in [0.1, 0.15) is 5.82 Å². The zero-order valence-electron chi connectivity index (χ0n) is 13.7. The molecule has 0 fully saturated rings. The van der Waals surface area contributed by atoms with E-state index in [9.17, 15) is 9.90 Å². The highest BCUT2D eigenvalue weighted by molar-refractivity contribution is 5.97. The van der Waals surface area contributed by atoms with Gasteiger partial charge in [0.2, 0.25) is 0 Å². The number of aromatic nitrogens is 2. The summed E-state index contributed by atoms with van der Waals surface area (Å²) in [4.78, 5) is 17.1. The highest BCUT2D eigenvalue weighted by Gasteiger charge is 2.32. The van der Waals surface area contributed by atoms with Crippen LogP contribution in [0.3, 0.4) is 0 Å².